The van der Waals surface area contributed by atoms with Crippen LogP contribution in [0.25, 0.3) is 5.69 Å². The molecule has 1 heterocycles. The molecule has 0 aliphatic carbocycles. The van der Waals surface area contributed by atoms with Gasteiger partial charge >= 0.3 is 5.97 Å². The van der Waals surface area contributed by atoms with Crippen molar-refractivity contribution < 1.29 is 14.3 Å². The molecule has 1 atom stereocenters. The number of para-hydroxylation sites is 1. The van der Waals surface area contributed by atoms with E-state index >= 15 is 0 Å². The molecular formula is C23H24ClN3O4. The van der Waals surface area contributed by atoms with E-state index in [0.29, 0.717) is 24.5 Å². The van der Waals surface area contributed by atoms with Crippen LogP contribution in [0.15, 0.2) is 65.6 Å². The number of ether oxygens (including phenoxy) is 2. The van der Waals surface area contributed by atoms with Gasteiger partial charge in [-0.2, -0.15) is 9.78 Å². The number of aromatic nitrogens is 2. The number of esters is 1. The van der Waals surface area contributed by atoms with Gasteiger partial charge in [0.15, 0.2) is 0 Å². The average molecular weight is 442 g/mol. The minimum absolute atomic E-state index is 0.00487. The predicted octanol–water partition coefficient (Wildman–Crippen LogP) is 4.25. The average Bonchev–Trinajstić information content (AvgIpc) is 2.81. The van der Waals surface area contributed by atoms with Gasteiger partial charge in [0, 0.05) is 13.2 Å². The minimum atomic E-state index is -0.563. The van der Waals surface area contributed by atoms with E-state index in [2.05, 4.69) is 10.4 Å². The number of rotatable bonds is 9. The first-order valence-corrected chi connectivity index (χ1v) is 10.3. The van der Waals surface area contributed by atoms with Gasteiger partial charge in [-0.15, -0.1) is 0 Å². The van der Waals surface area contributed by atoms with E-state index in [0.717, 1.165) is 16.7 Å². The van der Waals surface area contributed by atoms with Crippen LogP contribution in [0, 0.1) is 0 Å². The van der Waals surface area contributed by atoms with Crippen molar-refractivity contribution in [1.29, 1.82) is 0 Å². The lowest BCUT2D eigenvalue weighted by Crippen LogP contribution is -2.25. The Balaban J connectivity index is 1.62. The van der Waals surface area contributed by atoms with E-state index in [1.165, 1.54) is 13.3 Å². The quantitative estimate of drug-likeness (QED) is 0.395. The summed E-state index contributed by atoms with van der Waals surface area (Å²) in [5, 5.41) is 7.28. The second-order valence-corrected chi connectivity index (χ2v) is 7.18. The van der Waals surface area contributed by atoms with E-state index in [4.69, 9.17) is 21.1 Å². The molecule has 8 heteroatoms. The van der Waals surface area contributed by atoms with E-state index in [1.54, 1.807) is 24.3 Å². The molecule has 3 rings (SSSR count). The van der Waals surface area contributed by atoms with Crippen LogP contribution in [-0.4, -0.2) is 36.0 Å². The van der Waals surface area contributed by atoms with E-state index in [-0.39, 0.29) is 16.7 Å². The van der Waals surface area contributed by atoms with Gasteiger partial charge in [0.2, 0.25) is 0 Å². The van der Waals surface area contributed by atoms with Gasteiger partial charge in [0.1, 0.15) is 5.02 Å². The van der Waals surface area contributed by atoms with Gasteiger partial charge in [-0.3, -0.25) is 4.79 Å². The fraction of sp³-hybridized carbons (Fsp3) is 0.261. The number of benzene rings is 2. The third-order valence-corrected chi connectivity index (χ3v) is 5.10. The second-order valence-electron chi connectivity index (χ2n) is 6.80. The summed E-state index contributed by atoms with van der Waals surface area (Å²) >= 11 is 6.27. The highest BCUT2D eigenvalue weighted by molar-refractivity contribution is 6.32. The van der Waals surface area contributed by atoms with Crippen molar-refractivity contribution in [3.8, 4) is 5.69 Å². The summed E-state index contributed by atoms with van der Waals surface area (Å²) in [6, 6.07) is 16.5. The van der Waals surface area contributed by atoms with Crippen molar-refractivity contribution in [1.82, 2.24) is 9.78 Å². The number of anilines is 1. The lowest BCUT2D eigenvalue weighted by Gasteiger charge is -2.14. The summed E-state index contributed by atoms with van der Waals surface area (Å²) in [6.45, 7) is 3.12. The number of nitrogens with zero attached hydrogens (tertiary/aromatic N) is 2. The topological polar surface area (TPSA) is 82.5 Å². The van der Waals surface area contributed by atoms with Crippen molar-refractivity contribution in [3.63, 3.8) is 0 Å². The van der Waals surface area contributed by atoms with Crippen molar-refractivity contribution >= 4 is 23.3 Å². The smallest absolute Gasteiger partial charge is 0.340 e. The summed E-state index contributed by atoms with van der Waals surface area (Å²) in [4.78, 5) is 24.7. The molecule has 1 N–H and O–H groups in total. The molecule has 1 unspecified atom stereocenters. The van der Waals surface area contributed by atoms with Gasteiger partial charge in [-0.25, -0.2) is 4.79 Å². The Morgan fingerprint density at radius 1 is 1.16 bits per heavy atom. The minimum Gasteiger partial charge on any atom is -0.465 e. The third kappa shape index (κ3) is 5.51. The molecular weight excluding hydrogens is 418 g/mol. The normalized spacial score (nSPS) is 11.7. The SMILES string of the molecule is COC(=O)c1ccccc1-n1ncc(NCCCOC(C)c2ccccc2)c(Cl)c1=O. The van der Waals surface area contributed by atoms with Crippen LogP contribution in [0.1, 0.15) is 35.4 Å². The fourth-order valence-electron chi connectivity index (χ4n) is 3.04. The largest absolute Gasteiger partial charge is 0.465 e. The Morgan fingerprint density at radius 2 is 1.87 bits per heavy atom. The zero-order valence-corrected chi connectivity index (χ0v) is 18.1. The highest BCUT2D eigenvalue weighted by atomic mass is 35.5. The van der Waals surface area contributed by atoms with Crippen molar-refractivity contribution in [3.05, 3.63) is 87.3 Å². The van der Waals surface area contributed by atoms with Crippen LogP contribution < -0.4 is 10.9 Å². The standard InChI is InChI=1S/C23H24ClN3O4/c1-16(17-9-4-3-5-10-17)31-14-8-13-25-19-15-26-27(22(28)21(19)24)20-12-7-6-11-18(20)23(29)30-2/h3-7,9-12,15-16,25H,8,13-14H2,1-2H3. The highest BCUT2D eigenvalue weighted by Gasteiger charge is 2.17. The number of carbonyl (C=O) groups is 1. The molecule has 0 aliphatic rings. The Labute approximate surface area is 185 Å². The molecule has 162 valence electrons. The number of halogens is 1. The first-order chi connectivity index (χ1) is 15.0. The van der Waals surface area contributed by atoms with E-state index in [1.807, 2.05) is 37.3 Å². The first kappa shape index (κ1) is 22.5. The van der Waals surface area contributed by atoms with Crippen LogP contribution in [0.2, 0.25) is 5.02 Å². The zero-order chi connectivity index (χ0) is 22.2. The molecule has 0 fully saturated rings. The maximum atomic E-state index is 12.7. The summed E-state index contributed by atoms with van der Waals surface area (Å²) < 4.78 is 11.7. The van der Waals surface area contributed by atoms with Gasteiger partial charge in [0.25, 0.3) is 5.56 Å². The van der Waals surface area contributed by atoms with Gasteiger partial charge in [-0.1, -0.05) is 54.1 Å². The monoisotopic (exact) mass is 441 g/mol. The van der Waals surface area contributed by atoms with Gasteiger partial charge in [0.05, 0.1) is 36.3 Å². The van der Waals surface area contributed by atoms with Crippen LogP contribution >= 0.6 is 11.6 Å². The molecule has 0 saturated carbocycles. The molecule has 7 nitrogen and oxygen atoms in total. The number of hydrogen-bond donors (Lipinski definition) is 1. The Morgan fingerprint density at radius 3 is 2.61 bits per heavy atom. The lowest BCUT2D eigenvalue weighted by molar-refractivity contribution is 0.0600. The maximum Gasteiger partial charge on any atom is 0.340 e. The highest BCUT2D eigenvalue weighted by Crippen LogP contribution is 2.19. The zero-order valence-electron chi connectivity index (χ0n) is 17.4. The molecule has 0 aliphatic heterocycles. The van der Waals surface area contributed by atoms with Gasteiger partial charge < -0.3 is 14.8 Å². The molecule has 0 bridgehead atoms. The summed E-state index contributed by atoms with van der Waals surface area (Å²) in [5.41, 5.74) is 1.54. The molecule has 1 aromatic heterocycles. The lowest BCUT2D eigenvalue weighted by atomic mass is 10.1. The molecule has 3 aromatic rings. The fourth-order valence-corrected chi connectivity index (χ4v) is 3.24. The number of hydrogen-bond acceptors (Lipinski definition) is 6. The Kier molecular flexibility index (Phi) is 7.81. The third-order valence-electron chi connectivity index (χ3n) is 4.73. The Bertz CT molecular complexity index is 1090. The van der Waals surface area contributed by atoms with Crippen molar-refractivity contribution in [2.45, 2.75) is 19.4 Å². The molecule has 0 spiro atoms. The summed E-state index contributed by atoms with van der Waals surface area (Å²) in [7, 11) is 1.28. The van der Waals surface area contributed by atoms with Crippen LogP contribution in [0.3, 0.4) is 0 Å². The van der Waals surface area contributed by atoms with Crippen molar-refractivity contribution in [2.24, 2.45) is 0 Å². The predicted molar refractivity (Wildman–Crippen MR) is 120 cm³/mol. The van der Waals surface area contributed by atoms with E-state index < -0.39 is 11.5 Å². The first-order valence-electron chi connectivity index (χ1n) is 9.89. The van der Waals surface area contributed by atoms with E-state index in [9.17, 15) is 9.59 Å². The number of carbonyl (C=O) groups excluding carboxylic acids is 1. The van der Waals surface area contributed by atoms with Crippen LogP contribution in [0.4, 0.5) is 5.69 Å². The molecule has 31 heavy (non-hydrogen) atoms. The Hall–Kier alpha value is -3.16. The van der Waals surface area contributed by atoms with Crippen molar-refractivity contribution in [2.75, 3.05) is 25.6 Å². The second kappa shape index (κ2) is 10.7. The number of nitrogens with one attached hydrogen (secondary N) is 1. The number of methoxy groups -OCH3 is 1. The summed E-state index contributed by atoms with van der Waals surface area (Å²) in [5.74, 6) is -0.563. The summed E-state index contributed by atoms with van der Waals surface area (Å²) in [6.07, 6.45) is 2.19. The molecule has 0 amide bonds. The molecule has 0 radical (unpaired) electrons. The molecule has 2 aromatic carbocycles. The van der Waals surface area contributed by atoms with Crippen LogP contribution in [0.5, 0.6) is 0 Å². The molecule has 0 saturated heterocycles. The van der Waals surface area contributed by atoms with Crippen LogP contribution in [-0.2, 0) is 9.47 Å². The maximum absolute atomic E-state index is 12.7. The van der Waals surface area contributed by atoms with Gasteiger partial charge in [-0.05, 0) is 31.0 Å².